The summed E-state index contributed by atoms with van der Waals surface area (Å²) in [7, 11) is 0. The van der Waals surface area contributed by atoms with Gasteiger partial charge in [-0.1, -0.05) is 30.3 Å². The molecule has 1 aromatic carbocycles. The molecule has 1 saturated heterocycles. The topological polar surface area (TPSA) is 29.3 Å². The van der Waals surface area contributed by atoms with Crippen LogP contribution >= 0.6 is 0 Å². The van der Waals surface area contributed by atoms with E-state index in [4.69, 9.17) is 5.73 Å². The number of benzene rings is 1. The van der Waals surface area contributed by atoms with Gasteiger partial charge in [-0.05, 0) is 17.4 Å². The molecule has 2 nitrogen and oxygen atoms in total. The molecule has 1 saturated carbocycles. The first kappa shape index (κ1) is 8.45. The van der Waals surface area contributed by atoms with Crippen molar-refractivity contribution < 1.29 is 0 Å². The zero-order valence-corrected chi connectivity index (χ0v) is 8.26. The maximum atomic E-state index is 5.90. The largest absolute Gasteiger partial charge is 0.327 e. The molecule has 1 heterocycles. The van der Waals surface area contributed by atoms with E-state index >= 15 is 0 Å². The number of fused-ring (bicyclic) bond motifs is 1. The molecule has 0 amide bonds. The van der Waals surface area contributed by atoms with E-state index in [1.165, 1.54) is 18.7 Å². The molecule has 2 N–H and O–H groups in total. The third-order valence-electron chi connectivity index (χ3n) is 3.58. The Balaban J connectivity index is 1.60. The Kier molecular flexibility index (Phi) is 1.85. The Labute approximate surface area is 84.7 Å². The number of hydrogen-bond donors (Lipinski definition) is 1. The van der Waals surface area contributed by atoms with Gasteiger partial charge in [-0.15, -0.1) is 0 Å². The van der Waals surface area contributed by atoms with E-state index in [2.05, 4.69) is 35.2 Å². The Bertz CT molecular complexity index is 310. The minimum Gasteiger partial charge on any atom is -0.327 e. The fourth-order valence-corrected chi connectivity index (χ4v) is 2.63. The average Bonchev–Trinajstić information content (AvgIpc) is 2.65. The molecule has 1 aromatic rings. The van der Waals surface area contributed by atoms with Crippen molar-refractivity contribution in [2.75, 3.05) is 13.1 Å². The third kappa shape index (κ3) is 1.35. The van der Waals surface area contributed by atoms with Crippen molar-refractivity contribution in [1.29, 1.82) is 0 Å². The van der Waals surface area contributed by atoms with Gasteiger partial charge >= 0.3 is 0 Å². The maximum absolute atomic E-state index is 5.90. The number of nitrogens with two attached hydrogens (primary N) is 1. The van der Waals surface area contributed by atoms with Gasteiger partial charge in [-0.3, -0.25) is 4.90 Å². The number of likely N-dealkylation sites (tertiary alicyclic amines) is 1. The molecule has 0 bridgehead atoms. The monoisotopic (exact) mass is 188 g/mol. The van der Waals surface area contributed by atoms with Crippen molar-refractivity contribution in [2.45, 2.75) is 12.6 Å². The number of piperidine rings is 1. The lowest BCUT2D eigenvalue weighted by Gasteiger charge is -2.18. The van der Waals surface area contributed by atoms with E-state index in [0.29, 0.717) is 6.04 Å². The first-order valence-electron chi connectivity index (χ1n) is 5.36. The molecule has 2 aliphatic rings. The van der Waals surface area contributed by atoms with E-state index in [1.807, 2.05) is 0 Å². The van der Waals surface area contributed by atoms with Gasteiger partial charge in [0.25, 0.3) is 0 Å². The van der Waals surface area contributed by atoms with Crippen molar-refractivity contribution in [1.82, 2.24) is 4.90 Å². The standard InChI is InChI=1S/C12H16N2/c13-12-10-7-14(8-11(10)12)6-9-4-2-1-3-5-9/h1-5,10-12H,6-8,13H2/t10-,11+,12+. The van der Waals surface area contributed by atoms with Crippen molar-refractivity contribution >= 4 is 0 Å². The summed E-state index contributed by atoms with van der Waals surface area (Å²) < 4.78 is 0. The predicted molar refractivity (Wildman–Crippen MR) is 56.7 cm³/mol. The van der Waals surface area contributed by atoms with Crippen LogP contribution in [0.5, 0.6) is 0 Å². The van der Waals surface area contributed by atoms with Crippen LogP contribution in [0.25, 0.3) is 0 Å². The van der Waals surface area contributed by atoms with Crippen molar-refractivity contribution in [3.8, 4) is 0 Å². The van der Waals surface area contributed by atoms with Gasteiger partial charge in [0.05, 0.1) is 0 Å². The minimum atomic E-state index is 0.516. The molecule has 0 aromatic heterocycles. The minimum absolute atomic E-state index is 0.516. The molecule has 2 heteroatoms. The quantitative estimate of drug-likeness (QED) is 0.752. The molecular weight excluding hydrogens is 172 g/mol. The van der Waals surface area contributed by atoms with Crippen LogP contribution in [0.4, 0.5) is 0 Å². The van der Waals surface area contributed by atoms with Crippen LogP contribution in [0.3, 0.4) is 0 Å². The van der Waals surface area contributed by atoms with E-state index in [0.717, 1.165) is 18.4 Å². The Hall–Kier alpha value is -0.860. The lowest BCUT2D eigenvalue weighted by atomic mass is 10.2. The van der Waals surface area contributed by atoms with Gasteiger partial charge in [0.15, 0.2) is 0 Å². The van der Waals surface area contributed by atoms with Crippen LogP contribution in [0.1, 0.15) is 5.56 Å². The highest BCUT2D eigenvalue weighted by atomic mass is 15.2. The Morgan fingerprint density at radius 3 is 2.43 bits per heavy atom. The number of hydrogen-bond acceptors (Lipinski definition) is 2. The molecular formula is C12H16N2. The van der Waals surface area contributed by atoms with Gasteiger partial charge in [-0.25, -0.2) is 0 Å². The molecule has 14 heavy (non-hydrogen) atoms. The summed E-state index contributed by atoms with van der Waals surface area (Å²) in [5, 5.41) is 0. The van der Waals surface area contributed by atoms with Crippen molar-refractivity contribution in [3.05, 3.63) is 35.9 Å². The Morgan fingerprint density at radius 1 is 1.14 bits per heavy atom. The molecule has 3 atom stereocenters. The van der Waals surface area contributed by atoms with Crippen LogP contribution in [0.15, 0.2) is 30.3 Å². The highest BCUT2D eigenvalue weighted by Gasteiger charge is 2.53. The number of nitrogens with zero attached hydrogens (tertiary/aromatic N) is 1. The SMILES string of the molecule is N[C@@H]1[C@H]2CN(Cc3ccccc3)C[C@@H]12. The zero-order chi connectivity index (χ0) is 9.54. The van der Waals surface area contributed by atoms with Gasteiger partial charge in [0.1, 0.15) is 0 Å². The summed E-state index contributed by atoms with van der Waals surface area (Å²) in [5.41, 5.74) is 7.32. The highest BCUT2D eigenvalue weighted by Crippen LogP contribution is 2.44. The average molecular weight is 188 g/mol. The van der Waals surface area contributed by atoms with Crippen LogP contribution in [-0.4, -0.2) is 24.0 Å². The molecule has 3 rings (SSSR count). The van der Waals surface area contributed by atoms with Crippen LogP contribution in [-0.2, 0) is 6.54 Å². The zero-order valence-electron chi connectivity index (χ0n) is 8.26. The van der Waals surface area contributed by atoms with E-state index < -0.39 is 0 Å². The Morgan fingerprint density at radius 2 is 1.79 bits per heavy atom. The fraction of sp³-hybridized carbons (Fsp3) is 0.500. The van der Waals surface area contributed by atoms with Gasteiger partial charge < -0.3 is 5.73 Å². The van der Waals surface area contributed by atoms with E-state index in [-0.39, 0.29) is 0 Å². The maximum Gasteiger partial charge on any atom is 0.0233 e. The lowest BCUT2D eigenvalue weighted by molar-refractivity contribution is 0.290. The summed E-state index contributed by atoms with van der Waals surface area (Å²) in [6.45, 7) is 3.52. The lowest BCUT2D eigenvalue weighted by Crippen LogP contribution is -2.27. The van der Waals surface area contributed by atoms with Crippen LogP contribution < -0.4 is 5.73 Å². The van der Waals surface area contributed by atoms with E-state index in [1.54, 1.807) is 0 Å². The molecule has 0 spiro atoms. The van der Waals surface area contributed by atoms with E-state index in [9.17, 15) is 0 Å². The molecule has 2 fully saturated rings. The number of rotatable bonds is 2. The first-order valence-corrected chi connectivity index (χ1v) is 5.36. The summed E-state index contributed by atoms with van der Waals surface area (Å²) in [4.78, 5) is 2.52. The second-order valence-corrected chi connectivity index (χ2v) is 4.58. The third-order valence-corrected chi connectivity index (χ3v) is 3.58. The van der Waals surface area contributed by atoms with Gasteiger partial charge in [-0.2, -0.15) is 0 Å². The van der Waals surface area contributed by atoms with Gasteiger partial charge in [0.2, 0.25) is 0 Å². The molecule has 0 radical (unpaired) electrons. The molecule has 74 valence electrons. The summed E-state index contributed by atoms with van der Waals surface area (Å²) >= 11 is 0. The van der Waals surface area contributed by atoms with Crippen molar-refractivity contribution in [3.63, 3.8) is 0 Å². The van der Waals surface area contributed by atoms with Crippen LogP contribution in [0, 0.1) is 11.8 Å². The summed E-state index contributed by atoms with van der Waals surface area (Å²) in [6, 6.07) is 11.2. The first-order chi connectivity index (χ1) is 6.84. The highest BCUT2D eigenvalue weighted by molar-refractivity contribution is 5.16. The van der Waals surface area contributed by atoms with Crippen LogP contribution in [0.2, 0.25) is 0 Å². The smallest absolute Gasteiger partial charge is 0.0233 e. The summed E-state index contributed by atoms with van der Waals surface area (Å²) in [6.07, 6.45) is 0. The molecule has 1 aliphatic carbocycles. The normalized spacial score (nSPS) is 35.6. The summed E-state index contributed by atoms with van der Waals surface area (Å²) in [5.74, 6) is 1.61. The predicted octanol–water partition coefficient (Wildman–Crippen LogP) is 1.08. The van der Waals surface area contributed by atoms with Crippen molar-refractivity contribution in [2.24, 2.45) is 17.6 Å². The molecule has 0 unspecified atom stereocenters. The molecule has 1 aliphatic heterocycles. The van der Waals surface area contributed by atoms with Gasteiger partial charge in [0, 0.05) is 25.7 Å². The fourth-order valence-electron chi connectivity index (χ4n) is 2.63. The second kappa shape index (κ2) is 3.07. The second-order valence-electron chi connectivity index (χ2n) is 4.58.